The lowest BCUT2D eigenvalue weighted by Gasteiger charge is -2.22. The molecule has 0 saturated carbocycles. The molecule has 0 unspecified atom stereocenters. The normalized spacial score (nSPS) is 13.2. The molecule has 218 valence electrons. The number of hydrogen-bond acceptors (Lipinski definition) is 3. The quantitative estimate of drug-likeness (QED) is 0.205. The van der Waals surface area contributed by atoms with E-state index in [9.17, 15) is 0 Å². The third-order valence-corrected chi connectivity index (χ3v) is 9.53. The van der Waals surface area contributed by atoms with Crippen LogP contribution in [0.4, 0.5) is 0 Å². The zero-order valence-corrected chi connectivity index (χ0v) is 25.7. The average molecular weight is 591 g/mol. The highest BCUT2D eigenvalue weighted by Gasteiger charge is 2.36. The lowest BCUT2D eigenvalue weighted by atomic mass is 9.81. The predicted molar refractivity (Wildman–Crippen MR) is 189 cm³/mol. The van der Waals surface area contributed by atoms with Crippen LogP contribution in [0.2, 0.25) is 0 Å². The molecular formula is C43H30N2O. The molecule has 3 heteroatoms. The van der Waals surface area contributed by atoms with E-state index in [0.717, 1.165) is 39.2 Å². The standard InChI is InChI=1S/C43H30N2O/c1-43(2)36-25-31(28-14-17-29(18-15-28)42-45-40-10-5-6-13-41(40)46-42)20-22-34(36)35-23-21-33(26-37(35)43)39-12-7-11-38(44-39)32-19-16-27-8-3-4-9-30(27)24-32/h3-26H,1-2H3. The highest BCUT2D eigenvalue weighted by atomic mass is 16.3. The van der Waals surface area contributed by atoms with Gasteiger partial charge < -0.3 is 4.42 Å². The molecule has 46 heavy (non-hydrogen) atoms. The van der Waals surface area contributed by atoms with Crippen molar-refractivity contribution in [2.24, 2.45) is 0 Å². The van der Waals surface area contributed by atoms with E-state index >= 15 is 0 Å². The maximum Gasteiger partial charge on any atom is 0.227 e. The number of oxazole rings is 1. The van der Waals surface area contributed by atoms with E-state index in [1.165, 1.54) is 44.2 Å². The van der Waals surface area contributed by atoms with Crippen molar-refractivity contribution in [3.05, 3.63) is 157 Å². The SMILES string of the molecule is CC1(C)c2cc(-c3ccc(-c4nc5ccccc5o4)cc3)ccc2-c2ccc(-c3cccc(-c4ccc5ccccc5c4)n3)cc21. The van der Waals surface area contributed by atoms with Gasteiger partial charge in [-0.3, -0.25) is 0 Å². The molecule has 0 atom stereocenters. The summed E-state index contributed by atoms with van der Waals surface area (Å²) in [7, 11) is 0. The van der Waals surface area contributed by atoms with Gasteiger partial charge in [-0.2, -0.15) is 0 Å². The lowest BCUT2D eigenvalue weighted by molar-refractivity contribution is 0.620. The number of benzene rings is 6. The van der Waals surface area contributed by atoms with Gasteiger partial charge in [0.15, 0.2) is 5.58 Å². The molecule has 6 aromatic carbocycles. The molecule has 0 radical (unpaired) electrons. The summed E-state index contributed by atoms with van der Waals surface area (Å²) < 4.78 is 5.99. The number of aromatic nitrogens is 2. The van der Waals surface area contributed by atoms with Crippen LogP contribution in [0.15, 0.2) is 150 Å². The largest absolute Gasteiger partial charge is 0.436 e. The minimum absolute atomic E-state index is 0.148. The summed E-state index contributed by atoms with van der Waals surface area (Å²) in [4.78, 5) is 9.79. The van der Waals surface area contributed by atoms with Crippen LogP contribution < -0.4 is 0 Å². The van der Waals surface area contributed by atoms with Crippen molar-refractivity contribution in [2.45, 2.75) is 19.3 Å². The van der Waals surface area contributed by atoms with Gasteiger partial charge in [-0.15, -0.1) is 0 Å². The molecule has 9 rings (SSSR count). The van der Waals surface area contributed by atoms with E-state index in [1.807, 2.05) is 24.3 Å². The van der Waals surface area contributed by atoms with E-state index in [4.69, 9.17) is 9.40 Å². The number of nitrogens with zero attached hydrogens (tertiary/aromatic N) is 2. The molecule has 2 heterocycles. The third kappa shape index (κ3) is 4.28. The zero-order valence-electron chi connectivity index (χ0n) is 25.7. The number of para-hydroxylation sites is 2. The molecule has 3 nitrogen and oxygen atoms in total. The number of pyridine rings is 1. The molecular weight excluding hydrogens is 560 g/mol. The van der Waals surface area contributed by atoms with Gasteiger partial charge in [-0.1, -0.05) is 105 Å². The molecule has 0 aliphatic heterocycles. The van der Waals surface area contributed by atoms with E-state index in [2.05, 4.69) is 140 Å². The lowest BCUT2D eigenvalue weighted by Crippen LogP contribution is -2.15. The van der Waals surface area contributed by atoms with Gasteiger partial charge in [0.1, 0.15) is 5.52 Å². The Kier molecular flexibility index (Phi) is 5.85. The van der Waals surface area contributed by atoms with E-state index in [0.29, 0.717) is 5.89 Å². The van der Waals surface area contributed by atoms with E-state index in [1.54, 1.807) is 0 Å². The smallest absolute Gasteiger partial charge is 0.227 e. The molecule has 2 aromatic heterocycles. The first-order chi connectivity index (χ1) is 22.5. The predicted octanol–water partition coefficient (Wildman–Crippen LogP) is 11.4. The Morgan fingerprint density at radius 3 is 1.80 bits per heavy atom. The molecule has 1 aliphatic carbocycles. The molecule has 0 spiro atoms. The average Bonchev–Trinajstić information content (AvgIpc) is 3.64. The van der Waals surface area contributed by atoms with Crippen LogP contribution in [-0.2, 0) is 5.41 Å². The Hall–Kier alpha value is -5.80. The van der Waals surface area contributed by atoms with Crippen molar-refractivity contribution in [1.82, 2.24) is 9.97 Å². The molecule has 0 N–H and O–H groups in total. The van der Waals surface area contributed by atoms with Gasteiger partial charge in [0.25, 0.3) is 0 Å². The summed E-state index contributed by atoms with van der Waals surface area (Å²) in [5.41, 5.74) is 14.4. The van der Waals surface area contributed by atoms with Gasteiger partial charge in [0, 0.05) is 22.1 Å². The fraction of sp³-hybridized carbons (Fsp3) is 0.0698. The van der Waals surface area contributed by atoms with Crippen LogP contribution in [0.5, 0.6) is 0 Å². The third-order valence-electron chi connectivity index (χ3n) is 9.53. The van der Waals surface area contributed by atoms with Crippen molar-refractivity contribution < 1.29 is 4.42 Å². The fourth-order valence-corrected chi connectivity index (χ4v) is 6.98. The van der Waals surface area contributed by atoms with Gasteiger partial charge in [-0.25, -0.2) is 9.97 Å². The summed E-state index contributed by atoms with van der Waals surface area (Å²) in [6.07, 6.45) is 0. The van der Waals surface area contributed by atoms with Gasteiger partial charge in [0.2, 0.25) is 5.89 Å². The van der Waals surface area contributed by atoms with Crippen LogP contribution in [-0.4, -0.2) is 9.97 Å². The summed E-state index contributed by atoms with van der Waals surface area (Å²) in [6, 6.07) is 51.5. The van der Waals surface area contributed by atoms with E-state index < -0.39 is 0 Å². The van der Waals surface area contributed by atoms with Crippen LogP contribution in [0.3, 0.4) is 0 Å². The van der Waals surface area contributed by atoms with Crippen LogP contribution in [0.25, 0.3) is 78.1 Å². The maximum absolute atomic E-state index is 5.99. The van der Waals surface area contributed by atoms with Gasteiger partial charge >= 0.3 is 0 Å². The second-order valence-electron chi connectivity index (χ2n) is 12.7. The molecule has 1 aliphatic rings. The zero-order chi connectivity index (χ0) is 30.8. The Labute approximate surface area is 267 Å². The fourth-order valence-electron chi connectivity index (χ4n) is 6.98. The molecule has 0 fully saturated rings. The van der Waals surface area contributed by atoms with Gasteiger partial charge in [-0.05, 0) is 98.8 Å². The van der Waals surface area contributed by atoms with Crippen molar-refractivity contribution in [1.29, 1.82) is 0 Å². The molecule has 8 aromatic rings. The topological polar surface area (TPSA) is 38.9 Å². The highest BCUT2D eigenvalue weighted by Crippen LogP contribution is 2.50. The molecule has 0 bridgehead atoms. The monoisotopic (exact) mass is 590 g/mol. The van der Waals surface area contributed by atoms with Gasteiger partial charge in [0.05, 0.1) is 11.4 Å². The molecule has 0 amide bonds. The van der Waals surface area contributed by atoms with Crippen LogP contribution in [0.1, 0.15) is 25.0 Å². The Morgan fingerprint density at radius 2 is 1.04 bits per heavy atom. The number of rotatable bonds is 4. The first-order valence-corrected chi connectivity index (χ1v) is 15.7. The first kappa shape index (κ1) is 26.6. The number of fused-ring (bicyclic) bond motifs is 5. The Balaban J connectivity index is 1.03. The minimum atomic E-state index is -0.148. The summed E-state index contributed by atoms with van der Waals surface area (Å²) in [5.74, 6) is 0.645. The number of hydrogen-bond donors (Lipinski definition) is 0. The second kappa shape index (κ2) is 10.1. The van der Waals surface area contributed by atoms with Crippen molar-refractivity contribution in [2.75, 3.05) is 0 Å². The second-order valence-corrected chi connectivity index (χ2v) is 12.7. The first-order valence-electron chi connectivity index (χ1n) is 15.7. The van der Waals surface area contributed by atoms with Crippen LogP contribution in [0, 0.1) is 0 Å². The van der Waals surface area contributed by atoms with Crippen molar-refractivity contribution in [3.8, 4) is 56.2 Å². The van der Waals surface area contributed by atoms with Crippen molar-refractivity contribution >= 4 is 21.9 Å². The van der Waals surface area contributed by atoms with E-state index in [-0.39, 0.29) is 5.41 Å². The van der Waals surface area contributed by atoms with Crippen LogP contribution >= 0.6 is 0 Å². The maximum atomic E-state index is 5.99. The summed E-state index contributed by atoms with van der Waals surface area (Å²) >= 11 is 0. The van der Waals surface area contributed by atoms with Crippen molar-refractivity contribution in [3.63, 3.8) is 0 Å². The Bertz CT molecular complexity index is 2420. The summed E-state index contributed by atoms with van der Waals surface area (Å²) in [5, 5.41) is 2.46. The highest BCUT2D eigenvalue weighted by molar-refractivity contribution is 5.88. The Morgan fingerprint density at radius 1 is 0.457 bits per heavy atom. The minimum Gasteiger partial charge on any atom is -0.436 e. The molecule has 0 saturated heterocycles. The summed E-state index contributed by atoms with van der Waals surface area (Å²) in [6.45, 7) is 4.67.